The molecule has 0 heterocycles. The molecule has 0 aliphatic carbocycles. The maximum Gasteiger partial charge on any atom is 0.511 e. The predicted octanol–water partition coefficient (Wildman–Crippen LogP) is 1.17. The Morgan fingerprint density at radius 2 is 2.11 bits per heavy atom. The van der Waals surface area contributed by atoms with Gasteiger partial charge < -0.3 is 5.11 Å². The van der Waals surface area contributed by atoms with Crippen LogP contribution in [0, 0.1) is 12.1 Å². The Kier molecular flexibility index (Phi) is 4.23. The van der Waals surface area contributed by atoms with E-state index in [1.807, 2.05) is 0 Å². The molecule has 0 fully saturated rings. The topological polar surface area (TPSA) is 86.7 Å². The number of carbonyl (C=O) groups is 1. The van der Waals surface area contributed by atoms with Gasteiger partial charge in [0, 0.05) is 0 Å². The highest BCUT2D eigenvalue weighted by Gasteiger charge is 2.46. The Morgan fingerprint density at radius 3 is 2.53 bits per heavy atom. The fraction of sp³-hybridized carbons (Fsp3) is 0.222. The number of nitrogens with zero attached hydrogens (tertiary/aromatic N) is 1. The standard InChI is InChI=1S/C9H7F3N2O4S/c10-9(11,12)19(17,18)13-6-14(8(15)16)7-4-2-1-3-5-7/h1-2,4,13H,6H2,(H,15,16). The smallest absolute Gasteiger partial charge is 0.465 e. The van der Waals surface area contributed by atoms with E-state index < -0.39 is 28.3 Å². The summed E-state index contributed by atoms with van der Waals surface area (Å²) in [4.78, 5) is 11.2. The molecule has 0 radical (unpaired) electrons. The number of rotatable bonds is 4. The molecule has 1 aromatic carbocycles. The maximum atomic E-state index is 12.1. The van der Waals surface area contributed by atoms with Crippen LogP contribution in [-0.2, 0) is 10.0 Å². The average Bonchev–Trinajstić information content (AvgIpc) is 2.28. The van der Waals surface area contributed by atoms with Gasteiger partial charge in [0.25, 0.3) is 0 Å². The largest absolute Gasteiger partial charge is 0.511 e. The number of hydrogen-bond donors (Lipinski definition) is 2. The molecule has 1 aromatic rings. The van der Waals surface area contributed by atoms with E-state index in [9.17, 15) is 26.4 Å². The highest BCUT2D eigenvalue weighted by molar-refractivity contribution is 7.90. The van der Waals surface area contributed by atoms with Crippen LogP contribution in [0.25, 0.3) is 0 Å². The normalized spacial score (nSPS) is 11.7. The zero-order valence-corrected chi connectivity index (χ0v) is 9.92. The summed E-state index contributed by atoms with van der Waals surface area (Å²) >= 11 is 0. The quantitative estimate of drug-likeness (QED) is 0.816. The van der Waals surface area contributed by atoms with Gasteiger partial charge in [-0.25, -0.2) is 13.2 Å². The van der Waals surface area contributed by atoms with Crippen molar-refractivity contribution >= 4 is 21.8 Å². The van der Waals surface area contributed by atoms with Crippen molar-refractivity contribution in [3.63, 3.8) is 0 Å². The van der Waals surface area contributed by atoms with Gasteiger partial charge >= 0.3 is 21.6 Å². The molecule has 0 unspecified atom stereocenters. The number of anilines is 1. The monoisotopic (exact) mass is 296 g/mol. The number of sulfonamides is 1. The fourth-order valence-corrected chi connectivity index (χ4v) is 1.45. The summed E-state index contributed by atoms with van der Waals surface area (Å²) in [5, 5.41) is 8.80. The molecule has 0 aliphatic rings. The van der Waals surface area contributed by atoms with Gasteiger partial charge in [-0.05, 0) is 18.2 Å². The number of alkyl halides is 3. The van der Waals surface area contributed by atoms with E-state index >= 15 is 0 Å². The molecule has 104 valence electrons. The van der Waals surface area contributed by atoms with Gasteiger partial charge in [-0.15, -0.1) is 0 Å². The van der Waals surface area contributed by atoms with Crippen LogP contribution in [0.15, 0.2) is 18.2 Å². The first kappa shape index (κ1) is 15.1. The van der Waals surface area contributed by atoms with E-state index in [-0.39, 0.29) is 5.69 Å². The third kappa shape index (κ3) is 3.73. The Labute approximate surface area is 106 Å². The molecule has 0 saturated heterocycles. The second kappa shape index (κ2) is 5.33. The van der Waals surface area contributed by atoms with Crippen LogP contribution in [0.4, 0.5) is 23.7 Å². The number of carboxylic acid groups (broad SMARTS) is 1. The lowest BCUT2D eigenvalue weighted by Gasteiger charge is -2.18. The molecule has 0 saturated carbocycles. The molecule has 0 atom stereocenters. The number of amides is 1. The van der Waals surface area contributed by atoms with Crippen LogP contribution in [0.1, 0.15) is 0 Å². The van der Waals surface area contributed by atoms with Crippen molar-refractivity contribution in [3.05, 3.63) is 30.3 Å². The lowest BCUT2D eigenvalue weighted by Crippen LogP contribution is -2.45. The van der Waals surface area contributed by atoms with Crippen molar-refractivity contribution in [2.24, 2.45) is 0 Å². The van der Waals surface area contributed by atoms with Crippen molar-refractivity contribution in [2.45, 2.75) is 5.51 Å². The van der Waals surface area contributed by atoms with Gasteiger partial charge in [-0.3, -0.25) is 4.90 Å². The Hall–Kier alpha value is -1.99. The Morgan fingerprint density at radius 1 is 1.47 bits per heavy atom. The van der Waals surface area contributed by atoms with Gasteiger partial charge in [-0.1, -0.05) is 12.1 Å². The Bertz CT molecular complexity index is 544. The predicted molar refractivity (Wildman–Crippen MR) is 57.6 cm³/mol. The first-order valence-electron chi connectivity index (χ1n) is 4.60. The minimum atomic E-state index is -5.61. The zero-order chi connectivity index (χ0) is 14.7. The molecule has 1 rings (SSSR count). The molecule has 0 aliphatic heterocycles. The minimum Gasteiger partial charge on any atom is -0.465 e. The first-order chi connectivity index (χ1) is 8.65. The van der Waals surface area contributed by atoms with Gasteiger partial charge in [0.2, 0.25) is 0 Å². The van der Waals surface area contributed by atoms with Crippen LogP contribution in [0.2, 0.25) is 0 Å². The van der Waals surface area contributed by atoms with Crippen LogP contribution < -0.4 is 9.62 Å². The van der Waals surface area contributed by atoms with Crippen molar-refractivity contribution in [1.82, 2.24) is 4.72 Å². The highest BCUT2D eigenvalue weighted by atomic mass is 32.2. The van der Waals surface area contributed by atoms with Crippen molar-refractivity contribution in [2.75, 3.05) is 11.6 Å². The Balaban J connectivity index is 2.87. The van der Waals surface area contributed by atoms with E-state index in [4.69, 9.17) is 5.11 Å². The molecule has 0 spiro atoms. The second-order valence-corrected chi connectivity index (χ2v) is 4.90. The third-order valence-corrected chi connectivity index (χ3v) is 2.99. The lowest BCUT2D eigenvalue weighted by molar-refractivity contribution is -0.0447. The molecular weight excluding hydrogens is 289 g/mol. The molecule has 19 heavy (non-hydrogen) atoms. The fourth-order valence-electron chi connectivity index (χ4n) is 0.989. The molecule has 2 N–H and O–H groups in total. The molecule has 0 aromatic heterocycles. The average molecular weight is 296 g/mol. The van der Waals surface area contributed by atoms with Gasteiger partial charge in [0.1, 0.15) is 0 Å². The van der Waals surface area contributed by atoms with Crippen LogP contribution in [0.3, 0.4) is 0 Å². The van der Waals surface area contributed by atoms with E-state index in [1.165, 1.54) is 18.2 Å². The number of nitrogens with one attached hydrogen (secondary N) is 1. The second-order valence-electron chi connectivity index (χ2n) is 3.14. The number of halogens is 3. The SMILES string of the molecule is O=C(O)N(CNS(=O)(=O)C(F)(F)F)c1c#cccc1. The van der Waals surface area contributed by atoms with Crippen LogP contribution in [0.5, 0.6) is 0 Å². The van der Waals surface area contributed by atoms with Gasteiger partial charge in [0.15, 0.2) is 0 Å². The van der Waals surface area contributed by atoms with Crippen LogP contribution in [-0.4, -0.2) is 31.8 Å². The van der Waals surface area contributed by atoms with Crippen molar-refractivity contribution in [1.29, 1.82) is 0 Å². The molecule has 6 nitrogen and oxygen atoms in total. The maximum absolute atomic E-state index is 12.1. The summed E-state index contributed by atoms with van der Waals surface area (Å²) in [7, 11) is -5.61. The molecule has 1 amide bonds. The van der Waals surface area contributed by atoms with Crippen LogP contribution >= 0.6 is 0 Å². The molecule has 0 bridgehead atoms. The van der Waals surface area contributed by atoms with E-state index in [1.54, 1.807) is 0 Å². The molecule has 10 heteroatoms. The summed E-state index contributed by atoms with van der Waals surface area (Å²) in [5.41, 5.74) is -5.65. The highest BCUT2D eigenvalue weighted by Crippen LogP contribution is 2.21. The van der Waals surface area contributed by atoms with E-state index in [0.717, 1.165) is 4.72 Å². The first-order valence-corrected chi connectivity index (χ1v) is 6.08. The van der Waals surface area contributed by atoms with E-state index in [0.29, 0.717) is 4.90 Å². The zero-order valence-electron chi connectivity index (χ0n) is 9.10. The lowest BCUT2D eigenvalue weighted by atomic mass is 10.3. The number of hydrogen-bond acceptors (Lipinski definition) is 3. The van der Waals surface area contributed by atoms with Gasteiger partial charge in [-0.2, -0.15) is 17.9 Å². The summed E-state index contributed by atoms with van der Waals surface area (Å²) in [6.45, 7) is -1.09. The summed E-state index contributed by atoms with van der Waals surface area (Å²) < 4.78 is 58.8. The third-order valence-electron chi connectivity index (χ3n) is 1.87. The van der Waals surface area contributed by atoms with Crippen molar-refractivity contribution in [3.8, 4) is 0 Å². The summed E-state index contributed by atoms with van der Waals surface area (Å²) in [6.07, 6.45) is -1.64. The summed E-state index contributed by atoms with van der Waals surface area (Å²) in [6, 6.07) is 8.72. The van der Waals surface area contributed by atoms with Gasteiger partial charge in [0.05, 0.1) is 12.4 Å². The molecular formula is C9H7F3N2O4S. The van der Waals surface area contributed by atoms with E-state index in [2.05, 4.69) is 12.1 Å². The minimum absolute atomic E-state index is 0.139. The van der Waals surface area contributed by atoms with Crippen molar-refractivity contribution < 1.29 is 31.5 Å². The summed E-state index contributed by atoms with van der Waals surface area (Å²) in [5.74, 6) is 0.